The number of Topliss-reactive ketones (excluding diaryl/α,β-unsaturated/α-hetero) is 1. The summed E-state index contributed by atoms with van der Waals surface area (Å²) in [5.74, 6) is -1.17. The van der Waals surface area contributed by atoms with Crippen LogP contribution >= 0.6 is 0 Å². The van der Waals surface area contributed by atoms with Gasteiger partial charge in [-0.2, -0.15) is 8.42 Å². The predicted octanol–water partition coefficient (Wildman–Crippen LogP) is 0.243. The predicted molar refractivity (Wildman–Crippen MR) is 38.8 cm³/mol. The molecule has 1 aliphatic carbocycles. The second kappa shape index (κ2) is 2.91. The lowest BCUT2D eigenvalue weighted by Crippen LogP contribution is -2.27. The molecule has 4 nitrogen and oxygen atoms in total. The van der Waals surface area contributed by atoms with Gasteiger partial charge in [-0.05, 0) is 12.8 Å². The zero-order chi connectivity index (χ0) is 8.48. The topological polar surface area (TPSA) is 71.4 Å². The summed E-state index contributed by atoms with van der Waals surface area (Å²) in [6.07, 6.45) is 2.53. The van der Waals surface area contributed by atoms with Crippen molar-refractivity contribution in [1.29, 1.82) is 0 Å². The maximum absolute atomic E-state index is 10.9. The molecule has 1 N–H and O–H groups in total. The Morgan fingerprint density at radius 3 is 2.27 bits per heavy atom. The third-order valence-electron chi connectivity index (χ3n) is 1.89. The molecule has 0 saturated heterocycles. The largest absolute Gasteiger partial charge is 0.298 e. The number of hydrogen-bond acceptors (Lipinski definition) is 3. The van der Waals surface area contributed by atoms with Gasteiger partial charge in [-0.15, -0.1) is 0 Å². The third kappa shape index (κ3) is 2.59. The van der Waals surface area contributed by atoms with Gasteiger partial charge in [0.15, 0.2) is 5.78 Å². The molecule has 0 aromatic carbocycles. The molecule has 0 atom stereocenters. The fourth-order valence-electron chi connectivity index (χ4n) is 1.03. The van der Waals surface area contributed by atoms with E-state index in [2.05, 4.69) is 0 Å². The Hall–Kier alpha value is -0.420. The van der Waals surface area contributed by atoms with E-state index in [1.54, 1.807) is 0 Å². The minimum Gasteiger partial charge on any atom is -0.298 e. The molecule has 0 spiro atoms. The maximum Gasteiger partial charge on any atom is 0.272 e. The van der Waals surface area contributed by atoms with Crippen molar-refractivity contribution in [1.82, 2.24) is 0 Å². The summed E-state index contributed by atoms with van der Waals surface area (Å²) in [6.45, 7) is 0. The first-order valence-corrected chi connectivity index (χ1v) is 5.08. The number of rotatable bonds is 3. The number of carbonyl (C=O) groups excluding carboxylic acids is 1. The molecule has 0 aliphatic heterocycles. The summed E-state index contributed by atoms with van der Waals surface area (Å²) in [6, 6.07) is 0. The van der Waals surface area contributed by atoms with E-state index in [1.165, 1.54) is 0 Å². The van der Waals surface area contributed by atoms with Gasteiger partial charge in [0.1, 0.15) is 5.75 Å². The van der Waals surface area contributed by atoms with E-state index in [-0.39, 0.29) is 11.7 Å². The molecular weight excluding hydrogens is 168 g/mol. The second-order valence-electron chi connectivity index (χ2n) is 2.82. The maximum atomic E-state index is 10.9. The van der Waals surface area contributed by atoms with Crippen LogP contribution in [-0.4, -0.2) is 24.5 Å². The van der Waals surface area contributed by atoms with Crippen molar-refractivity contribution in [3.05, 3.63) is 0 Å². The van der Waals surface area contributed by atoms with Gasteiger partial charge < -0.3 is 0 Å². The Kier molecular flexibility index (Phi) is 2.29. The van der Waals surface area contributed by atoms with Crippen LogP contribution in [0.25, 0.3) is 0 Å². The fourth-order valence-corrected chi connectivity index (χ4v) is 1.62. The lowest BCUT2D eigenvalue weighted by atomic mass is 9.83. The van der Waals surface area contributed by atoms with Crippen LogP contribution in [0.5, 0.6) is 0 Å². The van der Waals surface area contributed by atoms with Crippen molar-refractivity contribution in [2.24, 2.45) is 5.92 Å². The lowest BCUT2D eigenvalue weighted by molar-refractivity contribution is -0.122. The highest BCUT2D eigenvalue weighted by atomic mass is 32.2. The summed E-state index contributed by atoms with van der Waals surface area (Å²) in [4.78, 5) is 10.9. The highest BCUT2D eigenvalue weighted by molar-refractivity contribution is 7.86. The van der Waals surface area contributed by atoms with Gasteiger partial charge in [-0.1, -0.05) is 6.42 Å². The normalized spacial score (nSPS) is 19.4. The Labute approximate surface area is 65.3 Å². The van der Waals surface area contributed by atoms with Crippen molar-refractivity contribution in [2.45, 2.75) is 19.3 Å². The third-order valence-corrected chi connectivity index (χ3v) is 2.53. The molecule has 1 fully saturated rings. The summed E-state index contributed by atoms with van der Waals surface area (Å²) in [5.41, 5.74) is 0. The van der Waals surface area contributed by atoms with Gasteiger partial charge in [0, 0.05) is 5.92 Å². The van der Waals surface area contributed by atoms with Gasteiger partial charge >= 0.3 is 0 Å². The Balaban J connectivity index is 2.43. The monoisotopic (exact) mass is 178 g/mol. The number of hydrogen-bond donors (Lipinski definition) is 1. The van der Waals surface area contributed by atoms with Crippen LogP contribution in [0.2, 0.25) is 0 Å². The Bertz CT molecular complexity index is 250. The fraction of sp³-hybridized carbons (Fsp3) is 0.833. The minimum absolute atomic E-state index is 0.114. The Morgan fingerprint density at radius 1 is 1.45 bits per heavy atom. The van der Waals surface area contributed by atoms with Crippen LogP contribution in [0.15, 0.2) is 0 Å². The van der Waals surface area contributed by atoms with Gasteiger partial charge in [0.05, 0.1) is 0 Å². The standard InChI is InChI=1S/C6H10O4S/c7-6(4-11(8,9)10)5-2-1-3-5/h5H,1-4H2,(H,8,9,10). The van der Waals surface area contributed by atoms with Crippen LogP contribution in [0, 0.1) is 5.92 Å². The molecule has 0 heterocycles. The highest BCUT2D eigenvalue weighted by Gasteiger charge is 2.27. The van der Waals surface area contributed by atoms with Crippen LogP contribution in [0.3, 0.4) is 0 Å². The summed E-state index contributed by atoms with van der Waals surface area (Å²) >= 11 is 0. The van der Waals surface area contributed by atoms with E-state index in [0.29, 0.717) is 0 Å². The van der Waals surface area contributed by atoms with Gasteiger partial charge in [0.25, 0.3) is 10.1 Å². The average Bonchev–Trinajstić information content (AvgIpc) is 1.50. The quantitative estimate of drug-likeness (QED) is 0.628. The van der Waals surface area contributed by atoms with E-state index < -0.39 is 15.9 Å². The summed E-state index contributed by atoms with van der Waals surface area (Å²) in [5, 5.41) is 0. The average molecular weight is 178 g/mol. The van der Waals surface area contributed by atoms with E-state index in [9.17, 15) is 13.2 Å². The zero-order valence-corrected chi connectivity index (χ0v) is 6.80. The molecule has 0 aromatic heterocycles. The zero-order valence-electron chi connectivity index (χ0n) is 5.99. The van der Waals surface area contributed by atoms with Gasteiger partial charge in [-0.3, -0.25) is 9.35 Å². The molecule has 11 heavy (non-hydrogen) atoms. The van der Waals surface area contributed by atoms with Crippen molar-refractivity contribution < 1.29 is 17.8 Å². The molecule has 1 rings (SSSR count). The minimum atomic E-state index is -4.09. The van der Waals surface area contributed by atoms with Crippen LogP contribution in [0.4, 0.5) is 0 Å². The van der Waals surface area contributed by atoms with E-state index >= 15 is 0 Å². The number of ketones is 1. The molecule has 0 amide bonds. The van der Waals surface area contributed by atoms with Crippen LogP contribution in [-0.2, 0) is 14.9 Å². The lowest BCUT2D eigenvalue weighted by Gasteiger charge is -2.22. The molecule has 0 radical (unpaired) electrons. The van der Waals surface area contributed by atoms with Gasteiger partial charge in [0.2, 0.25) is 0 Å². The molecule has 0 unspecified atom stereocenters. The van der Waals surface area contributed by atoms with E-state index in [4.69, 9.17) is 4.55 Å². The highest BCUT2D eigenvalue weighted by Crippen LogP contribution is 2.27. The van der Waals surface area contributed by atoms with Crippen molar-refractivity contribution in [3.63, 3.8) is 0 Å². The summed E-state index contributed by atoms with van der Waals surface area (Å²) in [7, 11) is -4.09. The smallest absolute Gasteiger partial charge is 0.272 e. The molecule has 0 bridgehead atoms. The second-order valence-corrected chi connectivity index (χ2v) is 4.27. The molecular formula is C6H10O4S. The van der Waals surface area contributed by atoms with E-state index in [0.717, 1.165) is 19.3 Å². The molecule has 1 saturated carbocycles. The van der Waals surface area contributed by atoms with Crippen molar-refractivity contribution >= 4 is 15.9 Å². The first-order valence-electron chi connectivity index (χ1n) is 3.47. The van der Waals surface area contributed by atoms with Crippen molar-refractivity contribution in [2.75, 3.05) is 5.75 Å². The summed E-state index contributed by atoms with van der Waals surface area (Å²) < 4.78 is 28.7. The SMILES string of the molecule is O=C(CS(=O)(=O)O)C1CCC1. The molecule has 5 heteroatoms. The Morgan fingerprint density at radius 2 is 2.00 bits per heavy atom. The molecule has 0 aromatic rings. The van der Waals surface area contributed by atoms with Crippen LogP contribution < -0.4 is 0 Å². The molecule has 1 aliphatic rings. The molecule has 64 valence electrons. The first kappa shape index (κ1) is 8.67. The van der Waals surface area contributed by atoms with Crippen LogP contribution in [0.1, 0.15) is 19.3 Å². The number of carbonyl (C=O) groups is 1. The van der Waals surface area contributed by atoms with Crippen molar-refractivity contribution in [3.8, 4) is 0 Å². The first-order chi connectivity index (χ1) is 4.99. The van der Waals surface area contributed by atoms with Gasteiger partial charge in [-0.25, -0.2) is 0 Å². The van der Waals surface area contributed by atoms with E-state index in [1.807, 2.05) is 0 Å².